The Bertz CT molecular complexity index is 913. The van der Waals surface area contributed by atoms with Crippen molar-refractivity contribution in [1.82, 2.24) is 10.6 Å². The van der Waals surface area contributed by atoms with Gasteiger partial charge in [-0.05, 0) is 22.3 Å². The lowest BCUT2D eigenvalue weighted by Gasteiger charge is -2.17. The zero-order valence-corrected chi connectivity index (χ0v) is 16.2. The average Bonchev–Trinajstić information content (AvgIpc) is 3.07. The normalized spacial score (nSPS) is 12.8. The molecule has 0 bridgehead atoms. The van der Waals surface area contributed by atoms with Gasteiger partial charge in [0.25, 0.3) is 0 Å². The molecule has 2 aromatic rings. The van der Waals surface area contributed by atoms with Gasteiger partial charge in [-0.25, -0.2) is 14.4 Å². The van der Waals surface area contributed by atoms with E-state index < -0.39 is 24.2 Å². The molecule has 0 spiro atoms. The number of aliphatic carboxylic acids is 1. The maximum Gasteiger partial charge on any atom is 0.407 e. The van der Waals surface area contributed by atoms with Crippen molar-refractivity contribution in [3.63, 3.8) is 0 Å². The van der Waals surface area contributed by atoms with Crippen molar-refractivity contribution in [2.45, 2.75) is 12.0 Å². The molecule has 0 fully saturated rings. The number of fused-ring (bicyclic) bond motifs is 3. The molecule has 3 N–H and O–H groups in total. The van der Waals surface area contributed by atoms with Crippen molar-refractivity contribution < 1.29 is 29.0 Å². The number of alkyl carbamates (subject to hydrolysis) is 2. The van der Waals surface area contributed by atoms with Crippen molar-refractivity contribution in [3.8, 4) is 11.1 Å². The predicted molar refractivity (Wildman–Crippen MR) is 109 cm³/mol. The molecule has 2 amide bonds. The summed E-state index contributed by atoms with van der Waals surface area (Å²) in [6.07, 6.45) is -0.315. The summed E-state index contributed by atoms with van der Waals surface area (Å²) in [6.45, 7) is 3.10. The number of ether oxygens (including phenoxy) is 2. The maximum atomic E-state index is 12.2. The number of amides is 2. The Hall–Kier alpha value is -3.81. The molecule has 0 aliphatic heterocycles. The van der Waals surface area contributed by atoms with Gasteiger partial charge in [-0.1, -0.05) is 61.2 Å². The standard InChI is InChI=1S/C22H22N2O6/c1-2-11-29-21(27)23-12-19(20(25)26)24-22(28)30-13-18-16-9-5-3-7-14(16)15-8-4-6-10-17(15)18/h2-10,18-19H,1,11-13H2,(H,23,27)(H,24,28)(H,25,26). The third-order valence-electron chi connectivity index (χ3n) is 4.72. The van der Waals surface area contributed by atoms with Crippen LogP contribution in [0.25, 0.3) is 11.1 Å². The molecule has 2 aromatic carbocycles. The molecular formula is C22H22N2O6. The second-order valence-electron chi connectivity index (χ2n) is 6.63. The van der Waals surface area contributed by atoms with Crippen LogP contribution in [0.1, 0.15) is 17.0 Å². The lowest BCUT2D eigenvalue weighted by atomic mass is 9.98. The molecule has 156 valence electrons. The highest BCUT2D eigenvalue weighted by Crippen LogP contribution is 2.44. The van der Waals surface area contributed by atoms with Crippen LogP contribution in [0.3, 0.4) is 0 Å². The number of carbonyl (C=O) groups excluding carboxylic acids is 2. The lowest BCUT2D eigenvalue weighted by Crippen LogP contribution is -2.48. The lowest BCUT2D eigenvalue weighted by molar-refractivity contribution is -0.139. The Balaban J connectivity index is 1.59. The zero-order valence-electron chi connectivity index (χ0n) is 16.2. The molecule has 0 radical (unpaired) electrons. The first-order valence-corrected chi connectivity index (χ1v) is 9.37. The smallest absolute Gasteiger partial charge is 0.407 e. The Kier molecular flexibility index (Phi) is 6.69. The topological polar surface area (TPSA) is 114 Å². The Labute approximate surface area is 173 Å². The zero-order chi connectivity index (χ0) is 21.5. The van der Waals surface area contributed by atoms with E-state index in [-0.39, 0.29) is 25.7 Å². The number of nitrogens with one attached hydrogen (secondary N) is 2. The third kappa shape index (κ3) is 4.78. The number of benzene rings is 2. The molecule has 30 heavy (non-hydrogen) atoms. The SMILES string of the molecule is C=CCOC(=O)NCC(NC(=O)OCC1c2ccccc2-c2ccccc21)C(=O)O. The molecule has 0 aromatic heterocycles. The molecule has 0 saturated heterocycles. The van der Waals surface area contributed by atoms with Crippen LogP contribution in [0.15, 0.2) is 61.2 Å². The summed E-state index contributed by atoms with van der Waals surface area (Å²) in [5.74, 6) is -1.45. The number of rotatable bonds is 8. The fraction of sp³-hybridized carbons (Fsp3) is 0.227. The van der Waals surface area contributed by atoms with Gasteiger partial charge >= 0.3 is 18.2 Å². The van der Waals surface area contributed by atoms with E-state index in [2.05, 4.69) is 17.2 Å². The molecule has 1 atom stereocenters. The summed E-state index contributed by atoms with van der Waals surface area (Å²) in [5, 5.41) is 13.8. The first-order chi connectivity index (χ1) is 14.5. The van der Waals surface area contributed by atoms with Crippen LogP contribution in [0.2, 0.25) is 0 Å². The third-order valence-corrected chi connectivity index (χ3v) is 4.72. The average molecular weight is 410 g/mol. The van der Waals surface area contributed by atoms with Gasteiger partial charge in [0.15, 0.2) is 0 Å². The van der Waals surface area contributed by atoms with E-state index in [0.717, 1.165) is 22.3 Å². The summed E-state index contributed by atoms with van der Waals surface area (Å²) >= 11 is 0. The van der Waals surface area contributed by atoms with E-state index in [4.69, 9.17) is 9.47 Å². The quantitative estimate of drug-likeness (QED) is 0.577. The first kappa shape index (κ1) is 20.9. The summed E-state index contributed by atoms with van der Waals surface area (Å²) < 4.78 is 10.0. The van der Waals surface area contributed by atoms with Crippen LogP contribution < -0.4 is 10.6 Å². The molecule has 1 unspecified atom stereocenters. The van der Waals surface area contributed by atoms with Gasteiger partial charge in [0.1, 0.15) is 19.3 Å². The van der Waals surface area contributed by atoms with Gasteiger partial charge in [-0.3, -0.25) is 0 Å². The number of hydrogen-bond acceptors (Lipinski definition) is 5. The van der Waals surface area contributed by atoms with Crippen LogP contribution in [0, 0.1) is 0 Å². The van der Waals surface area contributed by atoms with Gasteiger partial charge in [-0.2, -0.15) is 0 Å². The summed E-state index contributed by atoms with van der Waals surface area (Å²) in [6, 6.07) is 14.4. The van der Waals surface area contributed by atoms with Gasteiger partial charge < -0.3 is 25.2 Å². The van der Waals surface area contributed by atoms with Gasteiger partial charge in [0.2, 0.25) is 0 Å². The van der Waals surface area contributed by atoms with Crippen LogP contribution in [0.5, 0.6) is 0 Å². The molecule has 8 nitrogen and oxygen atoms in total. The highest BCUT2D eigenvalue weighted by Gasteiger charge is 2.29. The Morgan fingerprint density at radius 2 is 1.60 bits per heavy atom. The highest BCUT2D eigenvalue weighted by atomic mass is 16.6. The number of carbonyl (C=O) groups is 3. The fourth-order valence-corrected chi connectivity index (χ4v) is 3.35. The minimum atomic E-state index is -1.36. The van der Waals surface area contributed by atoms with Crippen LogP contribution >= 0.6 is 0 Å². The van der Waals surface area contributed by atoms with Crippen molar-refractivity contribution in [2.75, 3.05) is 19.8 Å². The molecule has 0 saturated carbocycles. The van der Waals surface area contributed by atoms with Crippen LogP contribution in [-0.2, 0) is 14.3 Å². The summed E-state index contributed by atoms with van der Waals surface area (Å²) in [7, 11) is 0. The second-order valence-corrected chi connectivity index (χ2v) is 6.63. The van der Waals surface area contributed by atoms with Crippen molar-refractivity contribution in [3.05, 3.63) is 72.3 Å². The van der Waals surface area contributed by atoms with Crippen LogP contribution in [0.4, 0.5) is 9.59 Å². The molecule has 3 rings (SSSR count). The van der Waals surface area contributed by atoms with E-state index >= 15 is 0 Å². The van der Waals surface area contributed by atoms with E-state index in [1.165, 1.54) is 6.08 Å². The minimum Gasteiger partial charge on any atom is -0.480 e. The van der Waals surface area contributed by atoms with Crippen molar-refractivity contribution in [1.29, 1.82) is 0 Å². The van der Waals surface area contributed by atoms with E-state index in [1.54, 1.807) is 0 Å². The van der Waals surface area contributed by atoms with Crippen molar-refractivity contribution in [2.24, 2.45) is 0 Å². The van der Waals surface area contributed by atoms with E-state index in [1.807, 2.05) is 48.5 Å². The Morgan fingerprint density at radius 3 is 2.17 bits per heavy atom. The summed E-state index contributed by atoms with van der Waals surface area (Å²) in [5.41, 5.74) is 4.28. The van der Waals surface area contributed by atoms with Gasteiger partial charge in [0, 0.05) is 5.92 Å². The largest absolute Gasteiger partial charge is 0.480 e. The van der Waals surface area contributed by atoms with Gasteiger partial charge in [-0.15, -0.1) is 0 Å². The molecule has 1 aliphatic carbocycles. The molecule has 0 heterocycles. The number of carboxylic acid groups (broad SMARTS) is 1. The number of carboxylic acids is 1. The maximum absolute atomic E-state index is 12.2. The van der Waals surface area contributed by atoms with Crippen LogP contribution in [-0.4, -0.2) is 49.1 Å². The molecule has 8 heteroatoms. The Morgan fingerprint density at radius 1 is 1.00 bits per heavy atom. The predicted octanol–water partition coefficient (Wildman–Crippen LogP) is 2.89. The highest BCUT2D eigenvalue weighted by molar-refractivity contribution is 5.81. The van der Waals surface area contributed by atoms with Gasteiger partial charge in [0.05, 0.1) is 6.54 Å². The minimum absolute atomic E-state index is 0.0105. The molecule has 1 aliphatic rings. The monoisotopic (exact) mass is 410 g/mol. The summed E-state index contributed by atoms with van der Waals surface area (Å²) in [4.78, 5) is 35.0. The first-order valence-electron chi connectivity index (χ1n) is 9.37. The fourth-order valence-electron chi connectivity index (χ4n) is 3.35. The second kappa shape index (κ2) is 9.60. The molecular weight excluding hydrogens is 388 g/mol. The van der Waals surface area contributed by atoms with E-state index in [9.17, 15) is 19.5 Å². The van der Waals surface area contributed by atoms with Crippen molar-refractivity contribution >= 4 is 18.2 Å². The number of hydrogen-bond donors (Lipinski definition) is 3. The van der Waals surface area contributed by atoms with E-state index in [0.29, 0.717) is 0 Å².